The number of nitro benzene ring substituents is 1. The fourth-order valence-corrected chi connectivity index (χ4v) is 1.69. The molecule has 1 aromatic rings. The summed E-state index contributed by atoms with van der Waals surface area (Å²) < 4.78 is 4.90. The fourth-order valence-electron chi connectivity index (χ4n) is 1.52. The Bertz CT molecular complexity index is 479. The third-order valence-electron chi connectivity index (χ3n) is 2.53. The van der Waals surface area contributed by atoms with Crippen LogP contribution in [0.25, 0.3) is 0 Å². The molecule has 6 nitrogen and oxygen atoms in total. The average molecular weight is 287 g/mol. The molecule has 0 spiro atoms. The van der Waals surface area contributed by atoms with Crippen LogP contribution in [0.1, 0.15) is 23.7 Å². The van der Waals surface area contributed by atoms with Crippen LogP contribution in [0.5, 0.6) is 0 Å². The van der Waals surface area contributed by atoms with Gasteiger partial charge in [0.15, 0.2) is 0 Å². The Kier molecular flexibility index (Phi) is 5.72. The molecular weight excluding hydrogens is 272 g/mol. The summed E-state index contributed by atoms with van der Waals surface area (Å²) in [6, 6.07) is 3.74. The highest BCUT2D eigenvalue weighted by atomic mass is 35.5. The van der Waals surface area contributed by atoms with E-state index in [1.807, 2.05) is 0 Å². The Hall–Kier alpha value is -1.66. The van der Waals surface area contributed by atoms with Gasteiger partial charge in [-0.3, -0.25) is 14.9 Å². The first-order valence-corrected chi connectivity index (χ1v) is 6.07. The van der Waals surface area contributed by atoms with Crippen molar-refractivity contribution in [3.05, 3.63) is 38.9 Å². The molecule has 0 heterocycles. The predicted molar refractivity (Wildman–Crippen MR) is 71.5 cm³/mol. The molecular formula is C12H15ClN2O4. The van der Waals surface area contributed by atoms with E-state index in [2.05, 4.69) is 5.32 Å². The van der Waals surface area contributed by atoms with Crippen molar-refractivity contribution >= 4 is 23.2 Å². The summed E-state index contributed by atoms with van der Waals surface area (Å²) in [4.78, 5) is 22.2. The minimum atomic E-state index is -0.606. The molecule has 1 unspecified atom stereocenters. The molecule has 0 aliphatic heterocycles. The number of nitro groups is 1. The molecule has 1 N–H and O–H groups in total. The number of nitrogens with zero attached hydrogens (tertiary/aromatic N) is 1. The minimum absolute atomic E-state index is 0.0400. The van der Waals surface area contributed by atoms with E-state index in [9.17, 15) is 14.9 Å². The van der Waals surface area contributed by atoms with Crippen molar-refractivity contribution in [2.45, 2.75) is 19.4 Å². The normalized spacial score (nSPS) is 11.9. The quantitative estimate of drug-likeness (QED) is 0.643. The summed E-state index contributed by atoms with van der Waals surface area (Å²) in [5, 5.41) is 13.8. The molecule has 19 heavy (non-hydrogen) atoms. The second kappa shape index (κ2) is 7.06. The maximum atomic E-state index is 12.0. The number of nitrogens with one attached hydrogen (secondary N) is 1. The van der Waals surface area contributed by atoms with Gasteiger partial charge >= 0.3 is 0 Å². The Labute approximate surface area is 115 Å². The summed E-state index contributed by atoms with van der Waals surface area (Å²) in [7, 11) is 1.57. The van der Waals surface area contributed by atoms with Gasteiger partial charge in [0.1, 0.15) is 5.56 Å². The highest BCUT2D eigenvalue weighted by Crippen LogP contribution is 2.22. The van der Waals surface area contributed by atoms with Gasteiger partial charge in [0.2, 0.25) is 0 Å². The summed E-state index contributed by atoms with van der Waals surface area (Å²) in [5.74, 6) is -0.516. The fraction of sp³-hybridized carbons (Fsp3) is 0.417. The summed E-state index contributed by atoms with van der Waals surface area (Å²) in [6.07, 6.45) is 0.622. The predicted octanol–water partition coefficient (Wildman–Crippen LogP) is 2.40. The van der Waals surface area contributed by atoms with E-state index < -0.39 is 10.8 Å². The summed E-state index contributed by atoms with van der Waals surface area (Å²) in [5.41, 5.74) is -0.303. The van der Waals surface area contributed by atoms with E-state index in [0.29, 0.717) is 13.0 Å². The van der Waals surface area contributed by atoms with Crippen molar-refractivity contribution in [2.75, 3.05) is 13.7 Å². The van der Waals surface area contributed by atoms with Gasteiger partial charge in [-0.2, -0.15) is 0 Å². The zero-order chi connectivity index (χ0) is 14.4. The molecule has 0 aliphatic carbocycles. The molecule has 1 rings (SSSR count). The van der Waals surface area contributed by atoms with Crippen LogP contribution in [0.2, 0.25) is 5.02 Å². The Morgan fingerprint density at radius 1 is 1.58 bits per heavy atom. The first kappa shape index (κ1) is 15.4. The van der Waals surface area contributed by atoms with Gasteiger partial charge in [-0.15, -0.1) is 0 Å². The van der Waals surface area contributed by atoms with Gasteiger partial charge in [-0.1, -0.05) is 11.6 Å². The lowest BCUT2D eigenvalue weighted by atomic mass is 10.1. The molecule has 0 aromatic heterocycles. The van der Waals surface area contributed by atoms with E-state index in [0.717, 1.165) is 0 Å². The lowest BCUT2D eigenvalue weighted by Crippen LogP contribution is -2.33. The second-order valence-corrected chi connectivity index (χ2v) is 4.51. The first-order chi connectivity index (χ1) is 8.95. The number of ether oxygens (including phenoxy) is 1. The van der Waals surface area contributed by atoms with Crippen molar-refractivity contribution in [1.82, 2.24) is 5.32 Å². The average Bonchev–Trinajstić information content (AvgIpc) is 2.35. The van der Waals surface area contributed by atoms with Gasteiger partial charge in [0, 0.05) is 30.8 Å². The maximum Gasteiger partial charge on any atom is 0.282 e. The lowest BCUT2D eigenvalue weighted by molar-refractivity contribution is -0.385. The van der Waals surface area contributed by atoms with Crippen LogP contribution in [-0.4, -0.2) is 30.6 Å². The van der Waals surface area contributed by atoms with Crippen LogP contribution in [0, 0.1) is 10.1 Å². The zero-order valence-corrected chi connectivity index (χ0v) is 11.4. The van der Waals surface area contributed by atoms with Crippen molar-refractivity contribution in [3.8, 4) is 0 Å². The van der Waals surface area contributed by atoms with E-state index in [1.165, 1.54) is 18.2 Å². The smallest absolute Gasteiger partial charge is 0.282 e. The molecule has 0 radical (unpaired) electrons. The lowest BCUT2D eigenvalue weighted by Gasteiger charge is -2.13. The van der Waals surface area contributed by atoms with Crippen LogP contribution in [0.15, 0.2) is 18.2 Å². The molecule has 0 saturated heterocycles. The number of halogens is 1. The molecule has 104 valence electrons. The highest BCUT2D eigenvalue weighted by molar-refractivity contribution is 6.31. The van der Waals surface area contributed by atoms with Crippen LogP contribution in [0.3, 0.4) is 0 Å². The number of carbonyl (C=O) groups excluding carboxylic acids is 1. The SMILES string of the molecule is COCCC(C)NC(=O)c1cc(Cl)ccc1[N+](=O)[O-]. The molecule has 0 fully saturated rings. The van der Waals surface area contributed by atoms with E-state index in [-0.39, 0.29) is 22.3 Å². The molecule has 1 aromatic carbocycles. The Morgan fingerprint density at radius 2 is 2.26 bits per heavy atom. The van der Waals surface area contributed by atoms with E-state index in [4.69, 9.17) is 16.3 Å². The number of rotatable bonds is 6. The molecule has 0 aliphatic rings. The molecule has 1 amide bonds. The van der Waals surface area contributed by atoms with Crippen LogP contribution in [0.4, 0.5) is 5.69 Å². The number of hydrogen-bond acceptors (Lipinski definition) is 4. The van der Waals surface area contributed by atoms with Crippen LogP contribution >= 0.6 is 11.6 Å². The molecule has 0 bridgehead atoms. The van der Waals surface area contributed by atoms with Crippen molar-refractivity contribution in [3.63, 3.8) is 0 Å². The number of benzene rings is 1. The van der Waals surface area contributed by atoms with Crippen LogP contribution < -0.4 is 5.32 Å². The third kappa shape index (κ3) is 4.50. The molecule has 7 heteroatoms. The third-order valence-corrected chi connectivity index (χ3v) is 2.77. The molecule has 0 saturated carbocycles. The van der Waals surface area contributed by atoms with Gasteiger partial charge < -0.3 is 10.1 Å². The Morgan fingerprint density at radius 3 is 2.84 bits per heavy atom. The highest BCUT2D eigenvalue weighted by Gasteiger charge is 2.21. The van der Waals surface area contributed by atoms with Gasteiger partial charge in [-0.25, -0.2) is 0 Å². The maximum absolute atomic E-state index is 12.0. The van der Waals surface area contributed by atoms with Gasteiger partial charge in [0.05, 0.1) is 4.92 Å². The van der Waals surface area contributed by atoms with Crippen molar-refractivity contribution in [2.24, 2.45) is 0 Å². The first-order valence-electron chi connectivity index (χ1n) is 5.69. The minimum Gasteiger partial charge on any atom is -0.385 e. The van der Waals surface area contributed by atoms with Crippen LogP contribution in [-0.2, 0) is 4.74 Å². The summed E-state index contributed by atoms with van der Waals surface area (Å²) >= 11 is 5.76. The standard InChI is InChI=1S/C12H15ClN2O4/c1-8(5-6-19-2)14-12(16)10-7-9(13)3-4-11(10)15(17)18/h3-4,7-8H,5-6H2,1-2H3,(H,14,16). The Balaban J connectivity index is 2.86. The van der Waals surface area contributed by atoms with E-state index in [1.54, 1.807) is 14.0 Å². The topological polar surface area (TPSA) is 81.5 Å². The largest absolute Gasteiger partial charge is 0.385 e. The van der Waals surface area contributed by atoms with Crippen molar-refractivity contribution in [1.29, 1.82) is 0 Å². The molecule has 1 atom stereocenters. The zero-order valence-electron chi connectivity index (χ0n) is 10.7. The monoisotopic (exact) mass is 286 g/mol. The number of hydrogen-bond donors (Lipinski definition) is 1. The number of carbonyl (C=O) groups is 1. The van der Waals surface area contributed by atoms with Gasteiger partial charge in [0.25, 0.3) is 11.6 Å². The second-order valence-electron chi connectivity index (χ2n) is 4.07. The van der Waals surface area contributed by atoms with E-state index >= 15 is 0 Å². The number of methoxy groups -OCH3 is 1. The number of amides is 1. The van der Waals surface area contributed by atoms with Gasteiger partial charge in [-0.05, 0) is 25.5 Å². The summed E-state index contributed by atoms with van der Waals surface area (Å²) in [6.45, 7) is 2.30. The van der Waals surface area contributed by atoms with Crippen molar-refractivity contribution < 1.29 is 14.5 Å².